The molecule has 2 heterocycles. The largest absolute Gasteiger partial charge is 0.501 e. The Balaban J connectivity index is 2.12. The van der Waals surface area contributed by atoms with Gasteiger partial charge in [0.05, 0.1) is 11.8 Å². The Morgan fingerprint density at radius 2 is 1.96 bits per heavy atom. The van der Waals surface area contributed by atoms with Gasteiger partial charge in [0, 0.05) is 17.1 Å². The van der Waals surface area contributed by atoms with E-state index in [2.05, 4.69) is 4.98 Å². The molecule has 0 saturated carbocycles. The molecule has 0 radical (unpaired) electrons. The zero-order valence-corrected chi connectivity index (χ0v) is 13.2. The summed E-state index contributed by atoms with van der Waals surface area (Å²) in [6.07, 6.45) is 2.43. The highest BCUT2D eigenvalue weighted by molar-refractivity contribution is 7.88. The summed E-state index contributed by atoms with van der Waals surface area (Å²) in [6, 6.07) is 8.77. The molecule has 120 valence electrons. The molecule has 1 aliphatic heterocycles. The number of para-hydroxylation sites is 1. The number of Topliss-reactive ketones (excluding diaryl/α,β-unsaturated/α-hetero) is 1. The van der Waals surface area contributed by atoms with Crippen molar-refractivity contribution in [1.82, 2.24) is 9.71 Å². The van der Waals surface area contributed by atoms with Gasteiger partial charge in [0.25, 0.3) is 5.78 Å². The van der Waals surface area contributed by atoms with Crippen molar-refractivity contribution in [3.63, 3.8) is 0 Å². The maximum Gasteiger partial charge on any atom is 0.250 e. The molecular weight excluding hydrogens is 320 g/mol. The first-order chi connectivity index (χ1) is 10.7. The lowest BCUT2D eigenvalue weighted by Crippen LogP contribution is -2.32. The molecule has 2 aromatic rings. The second kappa shape index (κ2) is 4.95. The number of rotatable bonds is 3. The number of aliphatic hydroxyl groups is 1. The molecule has 0 aliphatic carbocycles. The Kier molecular flexibility index (Phi) is 3.29. The van der Waals surface area contributed by atoms with Crippen LogP contribution < -0.4 is 4.72 Å². The number of hydrogen-bond acceptors (Lipinski definition) is 6. The molecule has 1 aromatic carbocycles. The Morgan fingerprint density at radius 3 is 2.65 bits per heavy atom. The van der Waals surface area contributed by atoms with E-state index in [-0.39, 0.29) is 0 Å². The molecule has 3 rings (SSSR count). The van der Waals surface area contributed by atoms with Crippen LogP contribution in [0.4, 0.5) is 0 Å². The summed E-state index contributed by atoms with van der Waals surface area (Å²) < 4.78 is 30.2. The van der Waals surface area contributed by atoms with Gasteiger partial charge in [-0.05, 0) is 19.1 Å². The van der Waals surface area contributed by atoms with Gasteiger partial charge in [-0.15, -0.1) is 0 Å². The minimum atomic E-state index is -3.70. The number of ether oxygens (including phenoxy) is 1. The molecule has 1 unspecified atom stereocenters. The van der Waals surface area contributed by atoms with Crippen LogP contribution in [-0.4, -0.2) is 30.5 Å². The van der Waals surface area contributed by atoms with E-state index < -0.39 is 33.0 Å². The van der Waals surface area contributed by atoms with Gasteiger partial charge in [0.2, 0.25) is 21.7 Å². The number of ketones is 1. The second-order valence-corrected chi connectivity index (χ2v) is 7.14. The predicted molar refractivity (Wildman–Crippen MR) is 82.8 cm³/mol. The number of fused-ring (bicyclic) bond motifs is 1. The van der Waals surface area contributed by atoms with E-state index in [4.69, 9.17) is 4.74 Å². The first-order valence-corrected chi connectivity index (χ1v) is 8.60. The Labute approximate surface area is 132 Å². The van der Waals surface area contributed by atoms with Crippen molar-refractivity contribution in [3.05, 3.63) is 53.7 Å². The van der Waals surface area contributed by atoms with Gasteiger partial charge in [0.15, 0.2) is 5.60 Å². The molecule has 0 amide bonds. The van der Waals surface area contributed by atoms with Crippen LogP contribution in [0.3, 0.4) is 0 Å². The Morgan fingerprint density at radius 1 is 1.26 bits per heavy atom. The van der Waals surface area contributed by atoms with Gasteiger partial charge >= 0.3 is 0 Å². The van der Waals surface area contributed by atoms with Gasteiger partial charge in [-0.25, -0.2) is 8.42 Å². The van der Waals surface area contributed by atoms with Crippen LogP contribution in [0, 0.1) is 0 Å². The van der Waals surface area contributed by atoms with Crippen LogP contribution in [0.5, 0.6) is 0 Å². The number of aliphatic hydroxyl groups excluding tert-OH is 1. The lowest BCUT2D eigenvalue weighted by atomic mass is 9.89. The number of hydrogen-bond donors (Lipinski definition) is 2. The Bertz CT molecular complexity index is 946. The number of nitrogens with one attached hydrogen (secondary N) is 1. The summed E-state index contributed by atoms with van der Waals surface area (Å²) in [7, 11) is -3.70. The van der Waals surface area contributed by atoms with Crippen LogP contribution in [-0.2, 0) is 25.2 Å². The zero-order valence-electron chi connectivity index (χ0n) is 12.4. The average Bonchev–Trinajstić information content (AvgIpc) is 2.70. The number of sulfonamides is 1. The van der Waals surface area contributed by atoms with Gasteiger partial charge in [-0.3, -0.25) is 14.5 Å². The highest BCUT2D eigenvalue weighted by atomic mass is 32.2. The van der Waals surface area contributed by atoms with E-state index in [1.165, 1.54) is 13.1 Å². The lowest BCUT2D eigenvalue weighted by molar-refractivity contribution is -0.131. The molecule has 23 heavy (non-hydrogen) atoms. The summed E-state index contributed by atoms with van der Waals surface area (Å²) >= 11 is 0. The highest BCUT2D eigenvalue weighted by Gasteiger charge is 2.49. The quantitative estimate of drug-likeness (QED) is 0.877. The number of carbonyl (C=O) groups is 1. The molecule has 1 aromatic heterocycles. The van der Waals surface area contributed by atoms with Crippen LogP contribution in [0.2, 0.25) is 0 Å². The number of carbonyl (C=O) groups excluding carboxylic acids is 1. The van der Waals surface area contributed by atoms with Gasteiger partial charge in [0.1, 0.15) is 0 Å². The average molecular weight is 334 g/mol. The third-order valence-corrected chi connectivity index (χ3v) is 4.17. The third kappa shape index (κ3) is 2.50. The van der Waals surface area contributed by atoms with E-state index >= 15 is 0 Å². The fourth-order valence-corrected chi connectivity index (χ4v) is 3.03. The van der Waals surface area contributed by atoms with Crippen molar-refractivity contribution in [2.75, 3.05) is 6.26 Å². The lowest BCUT2D eigenvalue weighted by Gasteiger charge is -2.24. The molecule has 0 fully saturated rings. The number of aromatic nitrogens is 1. The van der Waals surface area contributed by atoms with E-state index in [0.717, 1.165) is 6.26 Å². The fraction of sp³-hybridized carbons (Fsp3) is 0.200. The van der Waals surface area contributed by atoms with Gasteiger partial charge < -0.3 is 9.84 Å². The molecule has 1 aliphatic rings. The van der Waals surface area contributed by atoms with Crippen molar-refractivity contribution in [2.24, 2.45) is 0 Å². The van der Waals surface area contributed by atoms with Crippen molar-refractivity contribution < 1.29 is 23.1 Å². The molecule has 0 saturated heterocycles. The summed E-state index contributed by atoms with van der Waals surface area (Å²) in [5, 5.41) is 10.6. The molecule has 0 spiro atoms. The molecule has 8 heteroatoms. The maximum absolute atomic E-state index is 12.5. The minimum absolute atomic E-state index is 0.471. The van der Waals surface area contributed by atoms with Gasteiger partial charge in [-0.2, -0.15) is 0 Å². The summed E-state index contributed by atoms with van der Waals surface area (Å²) in [4.78, 5) is 16.7. The monoisotopic (exact) mass is 334 g/mol. The van der Waals surface area contributed by atoms with Crippen molar-refractivity contribution >= 4 is 26.7 Å². The van der Waals surface area contributed by atoms with E-state index in [1.54, 1.807) is 24.3 Å². The number of pyridine rings is 1. The molecule has 1 atom stereocenters. The van der Waals surface area contributed by atoms with E-state index in [0.29, 0.717) is 16.5 Å². The van der Waals surface area contributed by atoms with Gasteiger partial charge in [-0.1, -0.05) is 18.2 Å². The third-order valence-electron chi connectivity index (χ3n) is 3.61. The number of nitrogens with zero attached hydrogens (tertiary/aromatic N) is 1. The predicted octanol–water partition coefficient (Wildman–Crippen LogP) is 1.33. The fourth-order valence-electron chi connectivity index (χ4n) is 2.55. The molecule has 7 nitrogen and oxygen atoms in total. The Hall–Kier alpha value is -2.61. The normalized spacial score (nSPS) is 21.6. The maximum atomic E-state index is 12.5. The van der Waals surface area contributed by atoms with Crippen molar-refractivity contribution in [2.45, 2.75) is 12.5 Å². The SMILES string of the molecule is CC1(c2ccnc3ccccc23)OC(NS(C)(=O)=O)=C(O)C1=O. The van der Waals surface area contributed by atoms with Crippen LogP contribution in [0.1, 0.15) is 12.5 Å². The standard InChI is InChI=1S/C15H14N2O5S/c1-15(10-7-8-16-11-6-4-3-5-9(10)11)13(19)12(18)14(22-15)17-23(2,20)21/h3-8,17-18H,1-2H3. The summed E-state index contributed by atoms with van der Waals surface area (Å²) in [5.74, 6) is -1.94. The second-order valence-electron chi connectivity index (χ2n) is 5.39. The smallest absolute Gasteiger partial charge is 0.250 e. The van der Waals surface area contributed by atoms with Crippen LogP contribution in [0.25, 0.3) is 10.9 Å². The molecule has 0 bridgehead atoms. The number of benzene rings is 1. The first-order valence-electron chi connectivity index (χ1n) is 6.71. The minimum Gasteiger partial charge on any atom is -0.501 e. The van der Waals surface area contributed by atoms with Crippen molar-refractivity contribution in [1.29, 1.82) is 0 Å². The van der Waals surface area contributed by atoms with E-state index in [9.17, 15) is 18.3 Å². The van der Waals surface area contributed by atoms with E-state index in [1.807, 2.05) is 10.8 Å². The first kappa shape index (κ1) is 15.3. The summed E-state index contributed by atoms with van der Waals surface area (Å²) in [5.41, 5.74) is -0.392. The van der Waals surface area contributed by atoms with Crippen molar-refractivity contribution in [3.8, 4) is 0 Å². The zero-order chi connectivity index (χ0) is 16.8. The molecule has 2 N–H and O–H groups in total. The molecular formula is C15H14N2O5S. The van der Waals surface area contributed by atoms with Crippen LogP contribution >= 0.6 is 0 Å². The highest BCUT2D eigenvalue weighted by Crippen LogP contribution is 2.39. The van der Waals surface area contributed by atoms with Crippen LogP contribution in [0.15, 0.2) is 48.2 Å². The summed E-state index contributed by atoms with van der Waals surface area (Å²) in [6.45, 7) is 1.48. The topological polar surface area (TPSA) is 106 Å².